The van der Waals surface area contributed by atoms with Crippen LogP contribution >= 0.6 is 0 Å². The normalized spacial score (nSPS) is 14.3. The van der Waals surface area contributed by atoms with Crippen molar-refractivity contribution < 1.29 is 4.74 Å². The van der Waals surface area contributed by atoms with Crippen LogP contribution in [0.4, 0.5) is 0 Å². The molecule has 128 valence electrons. The molecule has 0 radical (unpaired) electrons. The number of rotatable bonds is 5. The summed E-state index contributed by atoms with van der Waals surface area (Å²) < 4.78 is 5.81. The minimum Gasteiger partial charge on any atom is -0.493 e. The van der Waals surface area contributed by atoms with Crippen LogP contribution in [0.5, 0.6) is 5.75 Å². The van der Waals surface area contributed by atoms with Crippen molar-refractivity contribution in [1.82, 2.24) is 15.1 Å². The van der Waals surface area contributed by atoms with Crippen molar-refractivity contribution in [2.45, 2.75) is 26.4 Å². The van der Waals surface area contributed by atoms with Gasteiger partial charge in [-0.15, -0.1) is 0 Å². The average Bonchev–Trinajstić information content (AvgIpc) is 3.06. The number of aromatic amines is 1. The van der Waals surface area contributed by atoms with E-state index in [0.29, 0.717) is 6.61 Å². The quantitative estimate of drug-likeness (QED) is 0.766. The second-order valence-corrected chi connectivity index (χ2v) is 6.40. The summed E-state index contributed by atoms with van der Waals surface area (Å²) in [5, 5.41) is 7.87. The van der Waals surface area contributed by atoms with Crippen molar-refractivity contribution in [3.63, 3.8) is 0 Å². The Labute approximate surface area is 148 Å². The number of benzene rings is 2. The van der Waals surface area contributed by atoms with Crippen LogP contribution in [-0.2, 0) is 19.5 Å². The van der Waals surface area contributed by atoms with Gasteiger partial charge in [-0.3, -0.25) is 10.00 Å². The Morgan fingerprint density at radius 3 is 2.72 bits per heavy atom. The van der Waals surface area contributed by atoms with E-state index in [0.717, 1.165) is 43.1 Å². The Hall–Kier alpha value is -2.59. The van der Waals surface area contributed by atoms with Gasteiger partial charge in [0.1, 0.15) is 11.4 Å². The summed E-state index contributed by atoms with van der Waals surface area (Å²) >= 11 is 0. The van der Waals surface area contributed by atoms with Crippen LogP contribution in [0.25, 0.3) is 11.3 Å². The van der Waals surface area contributed by atoms with Crippen molar-refractivity contribution in [2.24, 2.45) is 0 Å². The molecule has 1 N–H and O–H groups in total. The third kappa shape index (κ3) is 3.30. The van der Waals surface area contributed by atoms with Crippen LogP contribution < -0.4 is 4.74 Å². The Kier molecular flexibility index (Phi) is 4.53. The summed E-state index contributed by atoms with van der Waals surface area (Å²) in [5.74, 6) is 0.902. The monoisotopic (exact) mass is 333 g/mol. The third-order valence-corrected chi connectivity index (χ3v) is 4.70. The number of hydrogen-bond donors (Lipinski definition) is 1. The molecule has 0 aliphatic carbocycles. The largest absolute Gasteiger partial charge is 0.493 e. The first-order valence-electron chi connectivity index (χ1n) is 8.89. The number of para-hydroxylation sites is 1. The molecule has 2 heterocycles. The highest BCUT2D eigenvalue weighted by Gasteiger charge is 2.24. The van der Waals surface area contributed by atoms with Crippen molar-refractivity contribution >= 4 is 0 Å². The van der Waals surface area contributed by atoms with Gasteiger partial charge in [0, 0.05) is 42.9 Å². The third-order valence-electron chi connectivity index (χ3n) is 4.70. The van der Waals surface area contributed by atoms with Gasteiger partial charge in [0.05, 0.1) is 6.61 Å². The molecule has 2 aromatic carbocycles. The highest BCUT2D eigenvalue weighted by molar-refractivity contribution is 5.70. The van der Waals surface area contributed by atoms with Crippen LogP contribution in [0.15, 0.2) is 54.6 Å². The number of H-pyrrole nitrogens is 1. The van der Waals surface area contributed by atoms with Gasteiger partial charge in [-0.05, 0) is 24.6 Å². The van der Waals surface area contributed by atoms with E-state index in [4.69, 9.17) is 4.74 Å². The van der Waals surface area contributed by atoms with Crippen LogP contribution in [0.2, 0.25) is 0 Å². The average molecular weight is 333 g/mol. The van der Waals surface area contributed by atoms with Gasteiger partial charge in [-0.2, -0.15) is 5.10 Å². The van der Waals surface area contributed by atoms with Gasteiger partial charge >= 0.3 is 0 Å². The molecule has 25 heavy (non-hydrogen) atoms. The number of fused-ring (bicyclic) bond motifs is 1. The van der Waals surface area contributed by atoms with Gasteiger partial charge < -0.3 is 4.74 Å². The second kappa shape index (κ2) is 7.11. The molecule has 1 aromatic heterocycles. The molecule has 0 saturated heterocycles. The number of hydrogen-bond acceptors (Lipinski definition) is 3. The Bertz CT molecular complexity index is 841. The highest BCUT2D eigenvalue weighted by atomic mass is 16.5. The minimum absolute atomic E-state index is 0.657. The molecule has 1 aliphatic heterocycles. The van der Waals surface area contributed by atoms with Crippen molar-refractivity contribution in [3.8, 4) is 17.0 Å². The summed E-state index contributed by atoms with van der Waals surface area (Å²) in [6, 6.07) is 18.8. The van der Waals surface area contributed by atoms with Crippen molar-refractivity contribution in [3.05, 3.63) is 71.4 Å². The van der Waals surface area contributed by atoms with Gasteiger partial charge in [0.25, 0.3) is 0 Å². The zero-order valence-corrected chi connectivity index (χ0v) is 14.5. The Balaban J connectivity index is 1.62. The fraction of sp³-hybridized carbons (Fsp3) is 0.286. The van der Waals surface area contributed by atoms with Crippen molar-refractivity contribution in [1.29, 1.82) is 0 Å². The molecule has 0 atom stereocenters. The molecule has 0 spiro atoms. The van der Waals surface area contributed by atoms with Gasteiger partial charge in [0.2, 0.25) is 0 Å². The van der Waals surface area contributed by atoms with E-state index < -0.39 is 0 Å². The first-order valence-corrected chi connectivity index (χ1v) is 8.89. The smallest absolute Gasteiger partial charge is 0.128 e. The van der Waals surface area contributed by atoms with E-state index in [1.54, 1.807) is 0 Å². The first-order chi connectivity index (χ1) is 12.3. The number of ether oxygens (including phenoxy) is 1. The van der Waals surface area contributed by atoms with Crippen LogP contribution in [-0.4, -0.2) is 28.2 Å². The molecule has 0 unspecified atom stereocenters. The van der Waals surface area contributed by atoms with Crippen LogP contribution in [0.3, 0.4) is 0 Å². The van der Waals surface area contributed by atoms with Crippen molar-refractivity contribution in [2.75, 3.05) is 13.2 Å². The molecule has 4 heteroatoms. The van der Waals surface area contributed by atoms with Crippen LogP contribution in [0.1, 0.15) is 23.7 Å². The summed E-state index contributed by atoms with van der Waals surface area (Å²) in [7, 11) is 0. The zero-order valence-electron chi connectivity index (χ0n) is 14.5. The standard InChI is InChI=1S/C21H23N3O/c1-2-25-20-11-7-6-10-17(20)21-18-15-24(13-12-19(18)22-23-21)14-16-8-4-3-5-9-16/h3-11H,2,12-15H2,1H3,(H,22,23). The van der Waals surface area contributed by atoms with E-state index >= 15 is 0 Å². The minimum atomic E-state index is 0.657. The lowest BCUT2D eigenvalue weighted by Crippen LogP contribution is -2.29. The number of aromatic nitrogens is 2. The molecule has 0 amide bonds. The summed E-state index contributed by atoms with van der Waals surface area (Å²) in [6.45, 7) is 5.60. The summed E-state index contributed by atoms with van der Waals surface area (Å²) in [6.07, 6.45) is 1.01. The SMILES string of the molecule is CCOc1ccccc1-c1n[nH]c2c1CN(Cc1ccccc1)CC2. The van der Waals surface area contributed by atoms with Gasteiger partial charge in [0.15, 0.2) is 0 Å². The molecule has 3 aromatic rings. The zero-order chi connectivity index (χ0) is 17.1. The molecule has 0 bridgehead atoms. The number of nitrogens with one attached hydrogen (secondary N) is 1. The molecular weight excluding hydrogens is 310 g/mol. The number of nitrogens with zero attached hydrogens (tertiary/aromatic N) is 2. The molecule has 0 saturated carbocycles. The topological polar surface area (TPSA) is 41.1 Å². The predicted molar refractivity (Wildman–Crippen MR) is 99.5 cm³/mol. The van der Waals surface area contributed by atoms with Crippen LogP contribution in [0, 0.1) is 0 Å². The molecule has 1 aliphatic rings. The fourth-order valence-corrected chi connectivity index (χ4v) is 3.49. The van der Waals surface area contributed by atoms with E-state index in [2.05, 4.69) is 51.5 Å². The molecule has 4 nitrogen and oxygen atoms in total. The molecule has 0 fully saturated rings. The Morgan fingerprint density at radius 1 is 1.08 bits per heavy atom. The second-order valence-electron chi connectivity index (χ2n) is 6.40. The van der Waals surface area contributed by atoms with Gasteiger partial charge in [-0.1, -0.05) is 42.5 Å². The predicted octanol–water partition coefficient (Wildman–Crippen LogP) is 4.03. The Morgan fingerprint density at radius 2 is 1.88 bits per heavy atom. The maximum atomic E-state index is 5.81. The molecule has 4 rings (SSSR count). The maximum absolute atomic E-state index is 5.81. The molecular formula is C21H23N3O. The lowest BCUT2D eigenvalue weighted by atomic mass is 10.00. The first kappa shape index (κ1) is 15.9. The fourth-order valence-electron chi connectivity index (χ4n) is 3.49. The maximum Gasteiger partial charge on any atom is 0.128 e. The highest BCUT2D eigenvalue weighted by Crippen LogP contribution is 2.34. The van der Waals surface area contributed by atoms with E-state index in [1.165, 1.54) is 16.8 Å². The lowest BCUT2D eigenvalue weighted by Gasteiger charge is -2.27. The van der Waals surface area contributed by atoms with E-state index in [9.17, 15) is 0 Å². The lowest BCUT2D eigenvalue weighted by molar-refractivity contribution is 0.245. The van der Waals surface area contributed by atoms with E-state index in [1.807, 2.05) is 25.1 Å². The summed E-state index contributed by atoms with van der Waals surface area (Å²) in [4.78, 5) is 2.49. The van der Waals surface area contributed by atoms with E-state index in [-0.39, 0.29) is 0 Å². The summed E-state index contributed by atoms with van der Waals surface area (Å²) in [5.41, 5.74) is 6.01. The van der Waals surface area contributed by atoms with Gasteiger partial charge in [-0.25, -0.2) is 0 Å².